The highest BCUT2D eigenvalue weighted by Crippen LogP contribution is 2.25. The van der Waals surface area contributed by atoms with Gasteiger partial charge in [-0.15, -0.1) is 0 Å². The largest absolute Gasteiger partial charge is 0.444 e. The minimum atomic E-state index is -0.775. The van der Waals surface area contributed by atoms with E-state index in [1.807, 2.05) is 39.0 Å². The monoisotopic (exact) mass is 475 g/mol. The van der Waals surface area contributed by atoms with Crippen molar-refractivity contribution in [2.45, 2.75) is 105 Å². The van der Waals surface area contributed by atoms with Gasteiger partial charge in [-0.05, 0) is 59.9 Å². The Balaban J connectivity index is 3.27. The van der Waals surface area contributed by atoms with Crippen LogP contribution in [0.1, 0.15) is 96.4 Å². The second kappa shape index (κ2) is 14.0. The first kappa shape index (κ1) is 29.5. The van der Waals surface area contributed by atoms with Crippen LogP contribution >= 0.6 is 0 Å². The van der Waals surface area contributed by atoms with E-state index in [-0.39, 0.29) is 24.4 Å². The molecule has 0 aliphatic heterocycles. The zero-order valence-electron chi connectivity index (χ0n) is 22.4. The minimum Gasteiger partial charge on any atom is -0.444 e. The molecule has 1 rings (SSSR count). The fraction of sp³-hybridized carbons (Fsp3) is 0.667. The lowest BCUT2D eigenvalue weighted by molar-refractivity contribution is -0.140. The smallest absolute Gasteiger partial charge is 0.408 e. The molecule has 2 unspecified atom stereocenters. The normalized spacial score (nSPS) is 13.1. The summed E-state index contributed by atoms with van der Waals surface area (Å²) < 4.78 is 5.27. The molecule has 0 bridgehead atoms. The molecule has 0 aliphatic carbocycles. The van der Waals surface area contributed by atoms with Crippen LogP contribution in [-0.4, -0.2) is 47.5 Å². The fourth-order valence-electron chi connectivity index (χ4n) is 3.96. The van der Waals surface area contributed by atoms with E-state index in [0.717, 1.165) is 48.8 Å². The summed E-state index contributed by atoms with van der Waals surface area (Å²) in [5.41, 5.74) is 2.18. The van der Waals surface area contributed by atoms with Crippen molar-refractivity contribution in [2.75, 3.05) is 13.1 Å². The first-order chi connectivity index (χ1) is 15.9. The molecule has 0 spiro atoms. The van der Waals surface area contributed by atoms with Crippen molar-refractivity contribution in [3.05, 3.63) is 34.9 Å². The van der Waals surface area contributed by atoms with Crippen molar-refractivity contribution in [2.24, 2.45) is 0 Å². The number of nitrogens with zero attached hydrogens (tertiary/aromatic N) is 1. The maximum atomic E-state index is 13.5. The maximum Gasteiger partial charge on any atom is 0.408 e. The number of hydrogen-bond donors (Lipinski definition) is 2. The van der Waals surface area contributed by atoms with Crippen LogP contribution < -0.4 is 10.6 Å². The van der Waals surface area contributed by atoms with Crippen LogP contribution in [0.25, 0.3) is 0 Å². The van der Waals surface area contributed by atoms with E-state index in [9.17, 15) is 14.4 Å². The number of unbranched alkanes of at least 4 members (excludes halogenated alkanes) is 2. The quantitative estimate of drug-likeness (QED) is 0.407. The molecule has 0 heterocycles. The second-order valence-electron chi connectivity index (χ2n) is 10.2. The summed E-state index contributed by atoms with van der Waals surface area (Å²) in [7, 11) is 0. The highest BCUT2D eigenvalue weighted by atomic mass is 16.6. The van der Waals surface area contributed by atoms with Crippen LogP contribution in [0.3, 0.4) is 0 Å². The second-order valence-corrected chi connectivity index (χ2v) is 10.2. The number of hydrogen-bond acceptors (Lipinski definition) is 4. The van der Waals surface area contributed by atoms with Gasteiger partial charge in [-0.25, -0.2) is 4.79 Å². The van der Waals surface area contributed by atoms with E-state index in [0.29, 0.717) is 6.54 Å². The Kier molecular flexibility index (Phi) is 12.1. The molecule has 0 radical (unpaired) electrons. The number of aryl methyl sites for hydroxylation is 2. The number of amides is 3. The first-order valence-electron chi connectivity index (χ1n) is 12.5. The van der Waals surface area contributed by atoms with Crippen molar-refractivity contribution in [1.82, 2.24) is 15.5 Å². The Labute approximate surface area is 206 Å². The summed E-state index contributed by atoms with van der Waals surface area (Å²) in [4.78, 5) is 40.7. The van der Waals surface area contributed by atoms with Crippen molar-refractivity contribution < 1.29 is 19.1 Å². The minimum absolute atomic E-state index is 0.00149. The highest BCUT2D eigenvalue weighted by molar-refractivity contribution is 5.90. The van der Waals surface area contributed by atoms with Gasteiger partial charge in [0.25, 0.3) is 0 Å². The molecule has 0 aliphatic rings. The number of benzene rings is 1. The third-order valence-electron chi connectivity index (χ3n) is 5.34. The van der Waals surface area contributed by atoms with Crippen molar-refractivity contribution >= 4 is 17.9 Å². The number of nitrogens with one attached hydrogen (secondary N) is 2. The standard InChI is InChI=1S/C27H45N3O4/c1-9-11-12-14-30(23(31)18-28-26(33)34-27(6,7)8)24(25(32)29-21(5)13-10-2)22-16-19(3)15-20(4)17-22/h15-17,21,24H,9-14,18H2,1-8H3,(H,28,33)(H,29,32). The van der Waals surface area contributed by atoms with Crippen LogP contribution in [0.15, 0.2) is 18.2 Å². The van der Waals surface area contributed by atoms with E-state index < -0.39 is 17.7 Å². The van der Waals surface area contributed by atoms with Gasteiger partial charge in [0.1, 0.15) is 18.2 Å². The summed E-state index contributed by atoms with van der Waals surface area (Å²) in [5, 5.41) is 5.65. The highest BCUT2D eigenvalue weighted by Gasteiger charge is 2.32. The van der Waals surface area contributed by atoms with E-state index >= 15 is 0 Å². The molecule has 0 fully saturated rings. The van der Waals surface area contributed by atoms with Gasteiger partial charge >= 0.3 is 6.09 Å². The van der Waals surface area contributed by atoms with Gasteiger partial charge in [0.05, 0.1) is 0 Å². The summed E-state index contributed by atoms with van der Waals surface area (Å²) >= 11 is 0. The number of ether oxygens (including phenoxy) is 1. The lowest BCUT2D eigenvalue weighted by atomic mass is 9.98. The SMILES string of the molecule is CCCCCN(C(=O)CNC(=O)OC(C)(C)C)C(C(=O)NC(C)CCC)c1cc(C)cc(C)c1. The molecular formula is C27H45N3O4. The number of carbonyl (C=O) groups is 3. The molecule has 0 saturated carbocycles. The maximum absolute atomic E-state index is 13.5. The van der Waals surface area contributed by atoms with Crippen molar-refractivity contribution in [1.29, 1.82) is 0 Å². The van der Waals surface area contributed by atoms with Crippen LogP contribution in [0.5, 0.6) is 0 Å². The number of alkyl carbamates (subject to hydrolysis) is 1. The Morgan fingerprint density at radius 3 is 2.15 bits per heavy atom. The van der Waals surface area contributed by atoms with Gasteiger partial charge in [-0.1, -0.05) is 62.4 Å². The molecule has 34 heavy (non-hydrogen) atoms. The predicted molar refractivity (Wildman–Crippen MR) is 137 cm³/mol. The number of carbonyl (C=O) groups excluding carboxylic acids is 3. The lowest BCUT2D eigenvalue weighted by Crippen LogP contribution is -2.49. The summed E-state index contributed by atoms with van der Waals surface area (Å²) in [6.07, 6.45) is 3.86. The van der Waals surface area contributed by atoms with Crippen LogP contribution in [-0.2, 0) is 14.3 Å². The average molecular weight is 476 g/mol. The molecule has 2 atom stereocenters. The Morgan fingerprint density at radius 2 is 1.62 bits per heavy atom. The van der Waals surface area contributed by atoms with E-state index in [1.54, 1.807) is 25.7 Å². The van der Waals surface area contributed by atoms with Crippen LogP contribution in [0, 0.1) is 13.8 Å². The van der Waals surface area contributed by atoms with Gasteiger partial charge in [0.15, 0.2) is 0 Å². The molecule has 1 aromatic carbocycles. The van der Waals surface area contributed by atoms with Gasteiger partial charge in [-0.2, -0.15) is 0 Å². The lowest BCUT2D eigenvalue weighted by Gasteiger charge is -2.33. The molecule has 1 aromatic rings. The van der Waals surface area contributed by atoms with Gasteiger partial charge in [0.2, 0.25) is 11.8 Å². The molecule has 0 aromatic heterocycles. The molecule has 7 heteroatoms. The average Bonchev–Trinajstić information content (AvgIpc) is 2.69. The van der Waals surface area contributed by atoms with Gasteiger partial charge in [0, 0.05) is 12.6 Å². The molecule has 2 N–H and O–H groups in total. The number of rotatable bonds is 12. The predicted octanol–water partition coefficient (Wildman–Crippen LogP) is 5.19. The third-order valence-corrected chi connectivity index (χ3v) is 5.34. The van der Waals surface area contributed by atoms with Crippen molar-refractivity contribution in [3.8, 4) is 0 Å². The fourth-order valence-corrected chi connectivity index (χ4v) is 3.96. The van der Waals surface area contributed by atoms with E-state index in [2.05, 4.69) is 24.5 Å². The molecule has 192 valence electrons. The third kappa shape index (κ3) is 10.6. The van der Waals surface area contributed by atoms with Gasteiger partial charge < -0.3 is 20.3 Å². The Morgan fingerprint density at radius 1 is 1.00 bits per heavy atom. The van der Waals surface area contributed by atoms with Crippen LogP contribution in [0.2, 0.25) is 0 Å². The Bertz CT molecular complexity index is 796. The van der Waals surface area contributed by atoms with Gasteiger partial charge in [-0.3, -0.25) is 9.59 Å². The zero-order chi connectivity index (χ0) is 25.9. The molecule has 3 amide bonds. The van der Waals surface area contributed by atoms with Crippen LogP contribution in [0.4, 0.5) is 4.79 Å². The van der Waals surface area contributed by atoms with E-state index in [1.165, 1.54) is 0 Å². The summed E-state index contributed by atoms with van der Waals surface area (Å²) in [6, 6.07) is 5.19. The summed E-state index contributed by atoms with van der Waals surface area (Å²) in [5.74, 6) is -0.516. The van der Waals surface area contributed by atoms with Crippen molar-refractivity contribution in [3.63, 3.8) is 0 Å². The first-order valence-corrected chi connectivity index (χ1v) is 12.5. The molecular weight excluding hydrogens is 430 g/mol. The molecule has 0 saturated heterocycles. The molecule has 7 nitrogen and oxygen atoms in total. The Hall–Kier alpha value is -2.57. The topological polar surface area (TPSA) is 87.7 Å². The summed E-state index contributed by atoms with van der Waals surface area (Å²) in [6.45, 7) is 15.6. The zero-order valence-corrected chi connectivity index (χ0v) is 22.4. The van der Waals surface area contributed by atoms with E-state index in [4.69, 9.17) is 4.74 Å².